The number of methoxy groups -OCH3 is 1. The van der Waals surface area contributed by atoms with Gasteiger partial charge in [0.05, 0.1) is 12.8 Å². The molecule has 0 spiro atoms. The Morgan fingerprint density at radius 1 is 0.725 bits per heavy atom. The van der Waals surface area contributed by atoms with E-state index >= 15 is 0 Å². The maximum Gasteiger partial charge on any atom is 0.283 e. The first-order valence-electron chi connectivity index (χ1n) is 12.6. The third-order valence-corrected chi connectivity index (χ3v) is 7.43. The number of nitrogens with zero attached hydrogens (tertiary/aromatic N) is 1. The molecule has 2 N–H and O–H groups in total. The summed E-state index contributed by atoms with van der Waals surface area (Å²) >= 11 is 1.19. The lowest BCUT2D eigenvalue weighted by atomic mass is 10.1. The molecule has 0 bridgehead atoms. The Hall–Kier alpha value is -4.82. The van der Waals surface area contributed by atoms with Crippen molar-refractivity contribution >= 4 is 46.5 Å². The maximum atomic E-state index is 13.6. The fraction of sp³-hybridized carbons (Fsp3) is 0.0938. The minimum absolute atomic E-state index is 0.200. The van der Waals surface area contributed by atoms with E-state index < -0.39 is 11.8 Å². The first kappa shape index (κ1) is 26.8. The summed E-state index contributed by atoms with van der Waals surface area (Å²) in [5, 5.41) is 6.05. The Balaban J connectivity index is 1.40. The zero-order chi connectivity index (χ0) is 28.2. The zero-order valence-electron chi connectivity index (χ0n) is 22.2. The van der Waals surface area contributed by atoms with Crippen LogP contribution >= 0.6 is 11.8 Å². The molecule has 1 heterocycles. The SMILES string of the molecule is COc1ccc(N2C(=O)C(Nc3ccc(C)cc3)=C(Sc3ccc(NC(=O)c4ccc(C)cc4)cc3)C2=O)cc1. The Kier molecular flexibility index (Phi) is 7.70. The molecule has 200 valence electrons. The number of amides is 3. The van der Waals surface area contributed by atoms with Crippen LogP contribution in [0.15, 0.2) is 113 Å². The number of ether oxygens (including phenoxy) is 1. The Labute approximate surface area is 236 Å². The van der Waals surface area contributed by atoms with Gasteiger partial charge < -0.3 is 15.4 Å². The number of hydrogen-bond donors (Lipinski definition) is 2. The van der Waals surface area contributed by atoms with E-state index in [1.807, 2.05) is 50.2 Å². The number of hydrogen-bond acceptors (Lipinski definition) is 6. The lowest BCUT2D eigenvalue weighted by Gasteiger charge is -2.15. The first-order valence-corrected chi connectivity index (χ1v) is 13.4. The minimum atomic E-state index is -0.444. The standard InChI is InChI=1S/C32H27N3O4S/c1-20-4-8-22(9-5-20)30(36)34-24-12-18-27(19-13-24)40-29-28(33-23-10-6-21(2)7-11-23)31(37)35(32(29)38)25-14-16-26(39-3)17-15-25/h4-19,33H,1-3H3,(H,34,36). The highest BCUT2D eigenvalue weighted by atomic mass is 32.2. The number of anilines is 3. The smallest absolute Gasteiger partial charge is 0.283 e. The summed E-state index contributed by atoms with van der Waals surface area (Å²) in [6.45, 7) is 3.95. The summed E-state index contributed by atoms with van der Waals surface area (Å²) in [5.41, 5.74) is 4.69. The van der Waals surface area contributed by atoms with Crippen LogP contribution in [0.5, 0.6) is 5.75 Å². The van der Waals surface area contributed by atoms with Gasteiger partial charge in [-0.3, -0.25) is 14.4 Å². The molecule has 7 nitrogen and oxygen atoms in total. The molecule has 0 aliphatic carbocycles. The molecular formula is C32H27N3O4S. The molecule has 4 aromatic carbocycles. The monoisotopic (exact) mass is 549 g/mol. The number of nitrogens with one attached hydrogen (secondary N) is 2. The van der Waals surface area contributed by atoms with Gasteiger partial charge in [0.15, 0.2) is 0 Å². The Morgan fingerprint density at radius 3 is 1.90 bits per heavy atom. The van der Waals surface area contributed by atoms with Gasteiger partial charge in [0, 0.05) is 21.8 Å². The van der Waals surface area contributed by atoms with Crippen LogP contribution in [-0.2, 0) is 9.59 Å². The number of carbonyl (C=O) groups excluding carboxylic acids is 3. The lowest BCUT2D eigenvalue weighted by Crippen LogP contribution is -2.32. The van der Waals surface area contributed by atoms with Crippen LogP contribution in [0.1, 0.15) is 21.5 Å². The first-order chi connectivity index (χ1) is 19.3. The Morgan fingerprint density at radius 2 is 1.30 bits per heavy atom. The van der Waals surface area contributed by atoms with E-state index in [1.165, 1.54) is 11.8 Å². The van der Waals surface area contributed by atoms with Crippen LogP contribution in [0.25, 0.3) is 0 Å². The molecule has 1 aliphatic rings. The van der Waals surface area contributed by atoms with Crippen LogP contribution in [-0.4, -0.2) is 24.8 Å². The molecule has 0 saturated carbocycles. The predicted molar refractivity (Wildman–Crippen MR) is 159 cm³/mol. The van der Waals surface area contributed by atoms with Crippen LogP contribution in [0.4, 0.5) is 17.1 Å². The summed E-state index contributed by atoms with van der Waals surface area (Å²) in [5.74, 6) is -0.455. The van der Waals surface area contributed by atoms with Gasteiger partial charge >= 0.3 is 0 Å². The highest BCUT2D eigenvalue weighted by Crippen LogP contribution is 2.38. The van der Waals surface area contributed by atoms with Crippen molar-refractivity contribution in [3.63, 3.8) is 0 Å². The van der Waals surface area contributed by atoms with Crippen LogP contribution in [0.2, 0.25) is 0 Å². The number of imide groups is 1. The predicted octanol–water partition coefficient (Wildman–Crippen LogP) is 6.55. The molecule has 0 aromatic heterocycles. The van der Waals surface area contributed by atoms with E-state index in [0.717, 1.165) is 20.9 Å². The molecule has 0 saturated heterocycles. The van der Waals surface area contributed by atoms with Crippen molar-refractivity contribution in [2.75, 3.05) is 22.6 Å². The summed E-state index contributed by atoms with van der Waals surface area (Å²) < 4.78 is 5.22. The van der Waals surface area contributed by atoms with Crippen molar-refractivity contribution < 1.29 is 19.1 Å². The molecule has 8 heteroatoms. The van der Waals surface area contributed by atoms with E-state index in [0.29, 0.717) is 28.4 Å². The molecule has 5 rings (SSSR count). The molecule has 1 aliphatic heterocycles. The summed E-state index contributed by atoms with van der Waals surface area (Å²) in [6.07, 6.45) is 0. The van der Waals surface area contributed by atoms with E-state index in [4.69, 9.17) is 4.74 Å². The van der Waals surface area contributed by atoms with E-state index in [2.05, 4.69) is 10.6 Å². The summed E-state index contributed by atoms with van der Waals surface area (Å²) in [4.78, 5) is 42.0. The fourth-order valence-corrected chi connectivity index (χ4v) is 5.02. The average molecular weight is 550 g/mol. The molecule has 0 fully saturated rings. The van der Waals surface area contributed by atoms with E-state index in [1.54, 1.807) is 67.8 Å². The third-order valence-electron chi connectivity index (χ3n) is 6.34. The highest BCUT2D eigenvalue weighted by Gasteiger charge is 2.40. The van der Waals surface area contributed by atoms with Crippen molar-refractivity contribution in [2.45, 2.75) is 18.7 Å². The number of aryl methyl sites for hydroxylation is 2. The lowest BCUT2D eigenvalue weighted by molar-refractivity contribution is -0.120. The average Bonchev–Trinajstić information content (AvgIpc) is 3.19. The molecule has 0 atom stereocenters. The second-order valence-corrected chi connectivity index (χ2v) is 10.4. The van der Waals surface area contributed by atoms with Gasteiger partial charge in [-0.15, -0.1) is 0 Å². The highest BCUT2D eigenvalue weighted by molar-refractivity contribution is 8.04. The molecule has 0 unspecified atom stereocenters. The second-order valence-electron chi connectivity index (χ2n) is 9.29. The molecule has 40 heavy (non-hydrogen) atoms. The largest absolute Gasteiger partial charge is 0.497 e. The number of rotatable bonds is 8. The van der Waals surface area contributed by atoms with E-state index in [9.17, 15) is 14.4 Å². The van der Waals surface area contributed by atoms with Gasteiger partial charge in [-0.1, -0.05) is 47.2 Å². The van der Waals surface area contributed by atoms with Crippen LogP contribution < -0.4 is 20.3 Å². The fourth-order valence-electron chi connectivity index (χ4n) is 4.09. The second kappa shape index (κ2) is 11.5. The molecule has 0 radical (unpaired) electrons. The van der Waals surface area contributed by atoms with Gasteiger partial charge in [0.25, 0.3) is 17.7 Å². The number of thioether (sulfide) groups is 1. The number of carbonyl (C=O) groups is 3. The molecule has 3 amide bonds. The summed E-state index contributed by atoms with van der Waals surface area (Å²) in [6, 6.07) is 28.8. The third kappa shape index (κ3) is 5.77. The Bertz CT molecular complexity index is 1590. The summed E-state index contributed by atoms with van der Waals surface area (Å²) in [7, 11) is 1.56. The van der Waals surface area contributed by atoms with Crippen LogP contribution in [0, 0.1) is 13.8 Å². The van der Waals surface area contributed by atoms with Crippen LogP contribution in [0.3, 0.4) is 0 Å². The zero-order valence-corrected chi connectivity index (χ0v) is 23.0. The maximum absolute atomic E-state index is 13.6. The van der Waals surface area contributed by atoms with Gasteiger partial charge in [-0.2, -0.15) is 0 Å². The molecular weight excluding hydrogens is 522 g/mol. The van der Waals surface area contributed by atoms with Crippen molar-refractivity contribution in [3.05, 3.63) is 124 Å². The van der Waals surface area contributed by atoms with E-state index in [-0.39, 0.29) is 16.5 Å². The van der Waals surface area contributed by atoms with Gasteiger partial charge in [0.1, 0.15) is 16.4 Å². The molecule has 4 aromatic rings. The normalized spacial score (nSPS) is 13.0. The van der Waals surface area contributed by atoms with Gasteiger partial charge in [0.2, 0.25) is 0 Å². The minimum Gasteiger partial charge on any atom is -0.497 e. The van der Waals surface area contributed by atoms with Crippen molar-refractivity contribution in [1.82, 2.24) is 0 Å². The van der Waals surface area contributed by atoms with Gasteiger partial charge in [-0.05, 0) is 86.6 Å². The number of benzene rings is 4. The van der Waals surface area contributed by atoms with Crippen molar-refractivity contribution in [2.24, 2.45) is 0 Å². The quantitative estimate of drug-likeness (QED) is 0.242. The van der Waals surface area contributed by atoms with Gasteiger partial charge in [-0.25, -0.2) is 4.90 Å². The van der Waals surface area contributed by atoms with Crippen molar-refractivity contribution in [3.8, 4) is 5.75 Å². The van der Waals surface area contributed by atoms with Crippen molar-refractivity contribution in [1.29, 1.82) is 0 Å². The topological polar surface area (TPSA) is 87.7 Å².